The fourth-order valence-corrected chi connectivity index (χ4v) is 6.49. The smallest absolute Gasteiger partial charge is 0.243 e. The molecule has 31 heavy (non-hydrogen) atoms. The quantitative estimate of drug-likeness (QED) is 0.582. The van der Waals surface area contributed by atoms with Crippen LogP contribution in [-0.4, -0.2) is 48.0 Å². The van der Waals surface area contributed by atoms with Gasteiger partial charge in [0.05, 0.1) is 10.6 Å². The highest BCUT2D eigenvalue weighted by Gasteiger charge is 2.42. The number of hydrogen-bond donors (Lipinski definition) is 0. The molecule has 0 bridgehead atoms. The van der Waals surface area contributed by atoms with Gasteiger partial charge in [-0.2, -0.15) is 4.31 Å². The zero-order valence-corrected chi connectivity index (χ0v) is 19.8. The summed E-state index contributed by atoms with van der Waals surface area (Å²) in [5, 5.41) is 0.995. The Balaban J connectivity index is 1.54. The van der Waals surface area contributed by atoms with Crippen molar-refractivity contribution < 1.29 is 8.42 Å². The Morgan fingerprint density at radius 1 is 1.00 bits per heavy atom. The van der Waals surface area contributed by atoms with Gasteiger partial charge in [-0.25, -0.2) is 13.4 Å². The van der Waals surface area contributed by atoms with Crippen LogP contribution in [0.4, 0.5) is 0 Å². The molecule has 1 saturated heterocycles. The second kappa shape index (κ2) is 9.27. The Hall–Kier alpha value is -1.96. The van der Waals surface area contributed by atoms with E-state index in [4.69, 9.17) is 9.98 Å². The number of aryl methyl sites for hydroxylation is 1. The second-order valence-electron chi connectivity index (χ2n) is 8.15. The molecule has 0 aromatic heterocycles. The molecule has 2 aromatic carbocycles. The molecule has 2 aromatic rings. The Morgan fingerprint density at radius 2 is 1.68 bits per heavy atom. The molecule has 0 saturated carbocycles. The van der Waals surface area contributed by atoms with Gasteiger partial charge in [0.1, 0.15) is 5.04 Å². The summed E-state index contributed by atoms with van der Waals surface area (Å²) in [5.74, 6) is 1.02. The van der Waals surface area contributed by atoms with Crippen molar-refractivity contribution in [2.24, 2.45) is 9.98 Å². The third-order valence-corrected chi connectivity index (χ3v) is 8.76. The molecule has 0 N–H and O–H groups in total. The number of sulfonamides is 1. The standard InChI is InChI=1S/C24H29N3O2S2/c1-3-4-18-30-23-22(20-8-6-5-7-9-20)25-24(26-23)14-16-27(17-15-24)31(28,29)21-12-10-19(2)11-13-21/h5-13H,3-4,14-18H2,1-2H3. The molecule has 7 heteroatoms. The average Bonchev–Trinajstić information content (AvgIpc) is 3.13. The van der Waals surface area contributed by atoms with Gasteiger partial charge < -0.3 is 0 Å². The average molecular weight is 456 g/mol. The molecule has 0 unspecified atom stereocenters. The van der Waals surface area contributed by atoms with E-state index < -0.39 is 15.7 Å². The number of aliphatic imine (C=N–C) groups is 2. The molecule has 2 aliphatic heterocycles. The normalized spacial score (nSPS) is 18.8. The van der Waals surface area contributed by atoms with E-state index in [1.165, 1.54) is 0 Å². The molecule has 5 nitrogen and oxygen atoms in total. The maximum absolute atomic E-state index is 13.1. The lowest BCUT2D eigenvalue weighted by Crippen LogP contribution is -2.44. The van der Waals surface area contributed by atoms with Gasteiger partial charge in [-0.05, 0) is 31.2 Å². The van der Waals surface area contributed by atoms with Gasteiger partial charge in [-0.15, -0.1) is 11.8 Å². The number of hydrogen-bond acceptors (Lipinski definition) is 5. The van der Waals surface area contributed by atoms with E-state index in [0.717, 1.165) is 40.5 Å². The lowest BCUT2D eigenvalue weighted by molar-refractivity contribution is 0.249. The fraction of sp³-hybridized carbons (Fsp3) is 0.417. The first-order valence-corrected chi connectivity index (χ1v) is 13.3. The monoisotopic (exact) mass is 455 g/mol. The summed E-state index contributed by atoms with van der Waals surface area (Å²) in [4.78, 5) is 10.5. The minimum atomic E-state index is -3.49. The maximum Gasteiger partial charge on any atom is 0.243 e. The maximum atomic E-state index is 13.1. The van der Waals surface area contributed by atoms with Crippen molar-refractivity contribution in [3.05, 3.63) is 65.7 Å². The van der Waals surface area contributed by atoms with Crippen molar-refractivity contribution in [1.82, 2.24) is 4.31 Å². The van der Waals surface area contributed by atoms with Crippen molar-refractivity contribution >= 4 is 32.5 Å². The van der Waals surface area contributed by atoms with E-state index in [-0.39, 0.29) is 0 Å². The number of piperidine rings is 1. The number of benzene rings is 2. The highest BCUT2D eigenvalue weighted by Crippen LogP contribution is 2.37. The van der Waals surface area contributed by atoms with Gasteiger partial charge in [0, 0.05) is 31.5 Å². The summed E-state index contributed by atoms with van der Waals surface area (Å²) in [5.41, 5.74) is 2.54. The highest BCUT2D eigenvalue weighted by molar-refractivity contribution is 8.15. The Bertz CT molecular complexity index is 1070. The van der Waals surface area contributed by atoms with Gasteiger partial charge in [-0.1, -0.05) is 61.4 Å². The number of thioether (sulfide) groups is 1. The van der Waals surface area contributed by atoms with Crippen LogP contribution in [-0.2, 0) is 10.0 Å². The van der Waals surface area contributed by atoms with Crippen LogP contribution in [0.15, 0.2) is 69.5 Å². The minimum Gasteiger partial charge on any atom is -0.252 e. The van der Waals surface area contributed by atoms with Crippen molar-refractivity contribution in [2.45, 2.75) is 50.1 Å². The van der Waals surface area contributed by atoms with Gasteiger partial charge in [0.15, 0.2) is 5.66 Å². The molecule has 164 valence electrons. The predicted molar refractivity (Wildman–Crippen MR) is 130 cm³/mol. The molecule has 0 atom stereocenters. The largest absolute Gasteiger partial charge is 0.252 e. The van der Waals surface area contributed by atoms with Crippen LogP contribution in [0.2, 0.25) is 0 Å². The highest BCUT2D eigenvalue weighted by atomic mass is 32.2. The first-order chi connectivity index (χ1) is 14.9. The Kier molecular flexibility index (Phi) is 6.65. The topological polar surface area (TPSA) is 62.1 Å². The van der Waals surface area contributed by atoms with E-state index in [1.54, 1.807) is 28.2 Å². The van der Waals surface area contributed by atoms with E-state index in [2.05, 4.69) is 19.1 Å². The Labute approximate surface area is 189 Å². The van der Waals surface area contributed by atoms with Gasteiger partial charge in [0.2, 0.25) is 10.0 Å². The molecule has 0 amide bonds. The summed E-state index contributed by atoms with van der Waals surface area (Å²) in [6.07, 6.45) is 3.49. The molecule has 2 aliphatic rings. The van der Waals surface area contributed by atoms with Crippen LogP contribution >= 0.6 is 11.8 Å². The fourth-order valence-electron chi connectivity index (χ4n) is 3.89. The van der Waals surface area contributed by atoms with Crippen molar-refractivity contribution in [2.75, 3.05) is 18.8 Å². The molecular weight excluding hydrogens is 426 g/mol. The minimum absolute atomic E-state index is 0.355. The van der Waals surface area contributed by atoms with Crippen molar-refractivity contribution in [3.8, 4) is 0 Å². The molecule has 0 radical (unpaired) electrons. The third kappa shape index (κ3) is 4.78. The van der Waals surface area contributed by atoms with Crippen LogP contribution in [0.25, 0.3) is 0 Å². The Morgan fingerprint density at radius 3 is 2.32 bits per heavy atom. The van der Waals surface area contributed by atoms with Crippen LogP contribution < -0.4 is 0 Å². The molecule has 1 fully saturated rings. The van der Waals surface area contributed by atoms with Gasteiger partial charge >= 0.3 is 0 Å². The van der Waals surface area contributed by atoms with E-state index >= 15 is 0 Å². The first kappa shape index (κ1) is 22.2. The van der Waals surface area contributed by atoms with Crippen molar-refractivity contribution in [1.29, 1.82) is 0 Å². The molecule has 4 rings (SSSR count). The zero-order chi connectivity index (χ0) is 21.9. The lowest BCUT2D eigenvalue weighted by atomic mass is 10.00. The molecule has 0 aliphatic carbocycles. The molecule has 2 heterocycles. The van der Waals surface area contributed by atoms with E-state index in [0.29, 0.717) is 30.8 Å². The van der Waals surface area contributed by atoms with Gasteiger partial charge in [0.25, 0.3) is 0 Å². The second-order valence-corrected chi connectivity index (χ2v) is 11.2. The molecule has 1 spiro atoms. The summed E-state index contributed by atoms with van der Waals surface area (Å²) in [6.45, 7) is 5.00. The zero-order valence-electron chi connectivity index (χ0n) is 18.1. The van der Waals surface area contributed by atoms with Gasteiger partial charge in [-0.3, -0.25) is 4.99 Å². The number of unbranched alkanes of at least 4 members (excludes halogenated alkanes) is 1. The lowest BCUT2D eigenvalue weighted by Gasteiger charge is -2.34. The molecular formula is C24H29N3O2S2. The third-order valence-electron chi connectivity index (χ3n) is 5.80. The van der Waals surface area contributed by atoms with Crippen LogP contribution in [0, 0.1) is 6.92 Å². The summed E-state index contributed by atoms with van der Waals surface area (Å²) >= 11 is 1.77. The van der Waals surface area contributed by atoms with Crippen molar-refractivity contribution in [3.63, 3.8) is 0 Å². The van der Waals surface area contributed by atoms with Crippen LogP contribution in [0.5, 0.6) is 0 Å². The van der Waals surface area contributed by atoms with E-state index in [9.17, 15) is 8.42 Å². The van der Waals surface area contributed by atoms with Crippen LogP contribution in [0.1, 0.15) is 43.7 Å². The summed E-state index contributed by atoms with van der Waals surface area (Å²) in [7, 11) is -3.49. The first-order valence-electron chi connectivity index (χ1n) is 10.9. The number of rotatable bonds is 6. The summed E-state index contributed by atoms with van der Waals surface area (Å²) < 4.78 is 27.7. The number of nitrogens with zero attached hydrogens (tertiary/aromatic N) is 3. The van der Waals surface area contributed by atoms with Crippen LogP contribution in [0.3, 0.4) is 0 Å². The van der Waals surface area contributed by atoms with E-state index in [1.807, 2.05) is 37.3 Å². The SMILES string of the molecule is CCCCSC1=NC2(CCN(S(=O)(=O)c3ccc(C)cc3)CC2)N=C1c1ccccc1. The predicted octanol–water partition coefficient (Wildman–Crippen LogP) is 4.91. The summed E-state index contributed by atoms with van der Waals surface area (Å²) in [6, 6.07) is 17.3.